The Balaban J connectivity index is 3.00. The van der Waals surface area contributed by atoms with E-state index >= 15 is 0 Å². The smallest absolute Gasteiger partial charge is 0.153 e. The quantitative estimate of drug-likeness (QED) is 0.632. The summed E-state index contributed by atoms with van der Waals surface area (Å²) in [5.41, 5.74) is -0.573. The van der Waals surface area contributed by atoms with E-state index < -0.39 is 5.67 Å². The molecule has 0 aliphatic heterocycles. The van der Waals surface area contributed by atoms with Gasteiger partial charge < -0.3 is 0 Å². The second kappa shape index (κ2) is 4.23. The molecule has 74 valence electrons. The van der Waals surface area contributed by atoms with E-state index in [1.807, 2.05) is 37.3 Å². The van der Waals surface area contributed by atoms with Crippen LogP contribution in [0.4, 0.5) is 4.39 Å². The van der Waals surface area contributed by atoms with E-state index in [-0.39, 0.29) is 5.92 Å². The van der Waals surface area contributed by atoms with Crippen molar-refractivity contribution in [2.24, 2.45) is 0 Å². The lowest BCUT2D eigenvalue weighted by molar-refractivity contribution is 0.257. The van der Waals surface area contributed by atoms with Crippen LogP contribution in [0.5, 0.6) is 0 Å². The molecular formula is C13H15F. The molecule has 0 fully saturated rings. The van der Waals surface area contributed by atoms with Gasteiger partial charge in [-0.05, 0) is 5.56 Å². The summed E-state index contributed by atoms with van der Waals surface area (Å²) in [4.78, 5) is 0. The van der Waals surface area contributed by atoms with E-state index in [0.29, 0.717) is 0 Å². The molecule has 1 aromatic carbocycles. The van der Waals surface area contributed by atoms with Crippen molar-refractivity contribution in [2.75, 3.05) is 0 Å². The molecule has 0 aliphatic rings. The minimum Gasteiger partial charge on any atom is -0.234 e. The Morgan fingerprint density at radius 1 is 1.21 bits per heavy atom. The lowest BCUT2D eigenvalue weighted by Gasteiger charge is -2.25. The standard InChI is InChI=1S/C13H15F/c1-4-13(14,5-2)11(3)12-9-7-6-8-10-12/h4-11H,1-2H2,3H3/t11-/m1/s1. The van der Waals surface area contributed by atoms with E-state index in [1.165, 1.54) is 12.2 Å². The topological polar surface area (TPSA) is 0 Å². The molecule has 0 heterocycles. The highest BCUT2D eigenvalue weighted by Crippen LogP contribution is 2.33. The van der Waals surface area contributed by atoms with Crippen molar-refractivity contribution in [3.05, 3.63) is 61.2 Å². The molecule has 0 saturated carbocycles. The summed E-state index contributed by atoms with van der Waals surface area (Å²) in [6.07, 6.45) is 2.61. The average Bonchev–Trinajstić information content (AvgIpc) is 2.28. The van der Waals surface area contributed by atoms with Gasteiger partial charge in [0.1, 0.15) is 0 Å². The molecule has 0 radical (unpaired) electrons. The first-order valence-corrected chi connectivity index (χ1v) is 4.65. The Hall–Kier alpha value is -1.37. The zero-order valence-electron chi connectivity index (χ0n) is 8.41. The molecule has 0 aromatic heterocycles. The highest BCUT2D eigenvalue weighted by molar-refractivity contribution is 5.28. The molecule has 0 aliphatic carbocycles. The summed E-state index contributed by atoms with van der Waals surface area (Å²) in [7, 11) is 0. The minimum atomic E-state index is -1.53. The van der Waals surface area contributed by atoms with Gasteiger partial charge in [0, 0.05) is 5.92 Å². The second-order valence-electron chi connectivity index (χ2n) is 3.37. The largest absolute Gasteiger partial charge is 0.234 e. The van der Waals surface area contributed by atoms with Crippen LogP contribution >= 0.6 is 0 Å². The summed E-state index contributed by atoms with van der Waals surface area (Å²) in [6, 6.07) is 9.53. The van der Waals surface area contributed by atoms with Crippen LogP contribution in [-0.4, -0.2) is 5.67 Å². The number of halogens is 1. The van der Waals surface area contributed by atoms with Crippen LogP contribution in [0.25, 0.3) is 0 Å². The zero-order valence-corrected chi connectivity index (χ0v) is 8.41. The normalized spacial score (nSPS) is 13.3. The molecule has 0 saturated heterocycles. The third-order valence-corrected chi connectivity index (χ3v) is 2.59. The fourth-order valence-electron chi connectivity index (χ4n) is 1.43. The Morgan fingerprint density at radius 2 is 1.71 bits per heavy atom. The van der Waals surface area contributed by atoms with Crippen molar-refractivity contribution in [2.45, 2.75) is 18.5 Å². The minimum absolute atomic E-state index is 0.251. The van der Waals surface area contributed by atoms with Gasteiger partial charge in [0.25, 0.3) is 0 Å². The van der Waals surface area contributed by atoms with E-state index in [0.717, 1.165) is 5.56 Å². The lowest BCUT2D eigenvalue weighted by Crippen LogP contribution is -2.24. The first kappa shape index (κ1) is 10.7. The molecule has 0 spiro atoms. The maximum atomic E-state index is 14.1. The molecule has 0 amide bonds. The molecule has 0 bridgehead atoms. The average molecular weight is 190 g/mol. The molecule has 14 heavy (non-hydrogen) atoms. The van der Waals surface area contributed by atoms with E-state index in [1.54, 1.807) is 0 Å². The maximum absolute atomic E-state index is 14.1. The van der Waals surface area contributed by atoms with Gasteiger partial charge in [0.15, 0.2) is 5.67 Å². The summed E-state index contributed by atoms with van der Waals surface area (Å²) in [5, 5.41) is 0. The Bertz CT molecular complexity index is 305. The second-order valence-corrected chi connectivity index (χ2v) is 3.37. The van der Waals surface area contributed by atoms with E-state index in [9.17, 15) is 4.39 Å². The molecule has 1 heteroatoms. The van der Waals surface area contributed by atoms with Crippen LogP contribution in [0.3, 0.4) is 0 Å². The predicted molar refractivity (Wildman–Crippen MR) is 59.1 cm³/mol. The van der Waals surface area contributed by atoms with Crippen LogP contribution in [0.1, 0.15) is 18.4 Å². The van der Waals surface area contributed by atoms with Gasteiger partial charge in [-0.3, -0.25) is 0 Å². The maximum Gasteiger partial charge on any atom is 0.153 e. The third-order valence-electron chi connectivity index (χ3n) is 2.59. The number of hydrogen-bond acceptors (Lipinski definition) is 0. The molecule has 0 N–H and O–H groups in total. The third kappa shape index (κ3) is 1.92. The summed E-state index contributed by atoms with van der Waals surface area (Å²) in [6.45, 7) is 8.84. The predicted octanol–water partition coefficient (Wildman–Crippen LogP) is 3.87. The fourth-order valence-corrected chi connectivity index (χ4v) is 1.43. The number of benzene rings is 1. The molecule has 0 nitrogen and oxygen atoms in total. The Kier molecular flexibility index (Phi) is 3.23. The highest BCUT2D eigenvalue weighted by atomic mass is 19.1. The Labute approximate surface area is 84.8 Å². The van der Waals surface area contributed by atoms with E-state index in [4.69, 9.17) is 0 Å². The lowest BCUT2D eigenvalue weighted by atomic mass is 9.85. The van der Waals surface area contributed by atoms with Crippen molar-refractivity contribution in [1.29, 1.82) is 0 Å². The van der Waals surface area contributed by atoms with E-state index in [2.05, 4.69) is 13.2 Å². The molecule has 0 unspecified atom stereocenters. The summed E-state index contributed by atoms with van der Waals surface area (Å²) < 4.78 is 14.1. The SMILES string of the molecule is C=CC(F)(C=C)[C@H](C)c1ccccc1. The van der Waals surface area contributed by atoms with Gasteiger partial charge in [-0.2, -0.15) is 0 Å². The molecule has 1 rings (SSSR count). The van der Waals surface area contributed by atoms with Crippen LogP contribution in [-0.2, 0) is 0 Å². The Morgan fingerprint density at radius 3 is 2.14 bits per heavy atom. The van der Waals surface area contributed by atoms with Crippen LogP contribution in [0.15, 0.2) is 55.6 Å². The molecular weight excluding hydrogens is 175 g/mol. The number of alkyl halides is 1. The first-order valence-electron chi connectivity index (χ1n) is 4.65. The van der Waals surface area contributed by atoms with Gasteiger partial charge in [0.2, 0.25) is 0 Å². The van der Waals surface area contributed by atoms with Crippen molar-refractivity contribution >= 4 is 0 Å². The summed E-state index contributed by atoms with van der Waals surface area (Å²) >= 11 is 0. The van der Waals surface area contributed by atoms with Crippen LogP contribution in [0, 0.1) is 0 Å². The number of rotatable bonds is 4. The van der Waals surface area contributed by atoms with Crippen LogP contribution in [0.2, 0.25) is 0 Å². The fraction of sp³-hybridized carbons (Fsp3) is 0.231. The highest BCUT2D eigenvalue weighted by Gasteiger charge is 2.30. The molecule has 1 atom stereocenters. The number of allylic oxidation sites excluding steroid dienone is 2. The van der Waals surface area contributed by atoms with Gasteiger partial charge in [-0.25, -0.2) is 4.39 Å². The van der Waals surface area contributed by atoms with Crippen molar-refractivity contribution < 1.29 is 4.39 Å². The van der Waals surface area contributed by atoms with Gasteiger partial charge >= 0.3 is 0 Å². The zero-order chi connectivity index (χ0) is 10.6. The van der Waals surface area contributed by atoms with Crippen molar-refractivity contribution in [1.82, 2.24) is 0 Å². The van der Waals surface area contributed by atoms with Gasteiger partial charge in [-0.15, -0.1) is 0 Å². The van der Waals surface area contributed by atoms with Gasteiger partial charge in [-0.1, -0.05) is 62.6 Å². The van der Waals surface area contributed by atoms with Crippen molar-refractivity contribution in [3.63, 3.8) is 0 Å². The summed E-state index contributed by atoms with van der Waals surface area (Å²) in [5.74, 6) is -0.251. The van der Waals surface area contributed by atoms with Crippen LogP contribution < -0.4 is 0 Å². The monoisotopic (exact) mass is 190 g/mol. The number of hydrogen-bond donors (Lipinski definition) is 0. The molecule has 1 aromatic rings. The first-order chi connectivity index (χ1) is 6.64. The van der Waals surface area contributed by atoms with Crippen molar-refractivity contribution in [3.8, 4) is 0 Å². The van der Waals surface area contributed by atoms with Gasteiger partial charge in [0.05, 0.1) is 0 Å².